The first-order valence-electron chi connectivity index (χ1n) is 7.09. The first-order valence-corrected chi connectivity index (χ1v) is 7.09. The Balaban J connectivity index is 2.85. The Morgan fingerprint density at radius 2 is 2.15 bits per heavy atom. The van der Waals surface area contributed by atoms with Crippen molar-refractivity contribution in [2.45, 2.75) is 46.1 Å². The normalized spacial score (nSPS) is 11.4. The first kappa shape index (κ1) is 16.3. The number of amides is 1. The lowest BCUT2D eigenvalue weighted by molar-refractivity contribution is 0.0938. The van der Waals surface area contributed by atoms with Gasteiger partial charge in [-0.2, -0.15) is 0 Å². The van der Waals surface area contributed by atoms with Crippen molar-refractivity contribution in [1.29, 1.82) is 0 Å². The van der Waals surface area contributed by atoms with Crippen molar-refractivity contribution in [3.63, 3.8) is 0 Å². The van der Waals surface area contributed by atoms with Gasteiger partial charge in [0.25, 0.3) is 5.91 Å². The van der Waals surface area contributed by atoms with Gasteiger partial charge in [-0.3, -0.25) is 4.79 Å². The molecular weight excluding hydrogens is 250 g/mol. The molecule has 0 radical (unpaired) electrons. The molecule has 0 aliphatic carbocycles. The summed E-state index contributed by atoms with van der Waals surface area (Å²) in [7, 11) is 0. The number of aryl methyl sites for hydroxylation is 1. The standard InChI is InChI=1S/C17H23NO2/c1-4-7-14(3)18-17(20)16-11-13(2)10-15(12-16)8-5-6-9-19/h10-12,14,19H,4,6-7,9H2,1-3H3,(H,18,20). The minimum Gasteiger partial charge on any atom is -0.395 e. The number of benzene rings is 1. The van der Waals surface area contributed by atoms with Crippen LogP contribution in [-0.4, -0.2) is 23.7 Å². The van der Waals surface area contributed by atoms with E-state index in [2.05, 4.69) is 24.1 Å². The van der Waals surface area contributed by atoms with Crippen molar-refractivity contribution in [3.05, 3.63) is 34.9 Å². The minimum atomic E-state index is -0.0557. The van der Waals surface area contributed by atoms with E-state index in [1.54, 1.807) is 6.07 Å². The summed E-state index contributed by atoms with van der Waals surface area (Å²) >= 11 is 0. The highest BCUT2D eigenvalue weighted by Crippen LogP contribution is 2.10. The van der Waals surface area contributed by atoms with Gasteiger partial charge in [-0.25, -0.2) is 0 Å². The molecule has 0 saturated heterocycles. The van der Waals surface area contributed by atoms with E-state index in [1.165, 1.54) is 0 Å². The van der Waals surface area contributed by atoms with Gasteiger partial charge in [0.2, 0.25) is 0 Å². The lowest BCUT2D eigenvalue weighted by Crippen LogP contribution is -2.32. The summed E-state index contributed by atoms with van der Waals surface area (Å²) in [6.07, 6.45) is 2.47. The van der Waals surface area contributed by atoms with Crippen LogP contribution in [0.3, 0.4) is 0 Å². The van der Waals surface area contributed by atoms with Gasteiger partial charge in [0.1, 0.15) is 0 Å². The third-order valence-electron chi connectivity index (χ3n) is 2.91. The van der Waals surface area contributed by atoms with Gasteiger partial charge >= 0.3 is 0 Å². The molecule has 0 aliphatic heterocycles. The Kier molecular flexibility index (Phi) is 6.83. The largest absolute Gasteiger partial charge is 0.395 e. The smallest absolute Gasteiger partial charge is 0.251 e. The van der Waals surface area contributed by atoms with Gasteiger partial charge in [-0.05, 0) is 44.0 Å². The SMILES string of the molecule is CCCC(C)NC(=O)c1cc(C)cc(C#CCCO)c1. The molecule has 0 saturated carbocycles. The number of nitrogens with one attached hydrogen (secondary N) is 1. The van der Waals surface area contributed by atoms with Crippen LogP contribution < -0.4 is 5.32 Å². The summed E-state index contributed by atoms with van der Waals surface area (Å²) in [4.78, 5) is 12.2. The zero-order valence-corrected chi connectivity index (χ0v) is 12.5. The zero-order valence-electron chi connectivity index (χ0n) is 12.5. The maximum atomic E-state index is 12.2. The van der Waals surface area contributed by atoms with Crippen LogP contribution in [0.15, 0.2) is 18.2 Å². The van der Waals surface area contributed by atoms with E-state index >= 15 is 0 Å². The number of hydrogen-bond donors (Lipinski definition) is 2. The highest BCUT2D eigenvalue weighted by molar-refractivity contribution is 5.95. The van der Waals surface area contributed by atoms with E-state index in [4.69, 9.17) is 5.11 Å². The zero-order chi connectivity index (χ0) is 15.0. The highest BCUT2D eigenvalue weighted by atomic mass is 16.2. The minimum absolute atomic E-state index is 0.0557. The fourth-order valence-corrected chi connectivity index (χ4v) is 2.02. The lowest BCUT2D eigenvalue weighted by Gasteiger charge is -2.13. The fourth-order valence-electron chi connectivity index (χ4n) is 2.02. The van der Waals surface area contributed by atoms with E-state index in [-0.39, 0.29) is 18.6 Å². The van der Waals surface area contributed by atoms with Gasteiger partial charge in [0.05, 0.1) is 6.61 Å². The number of rotatable bonds is 5. The average Bonchev–Trinajstić information content (AvgIpc) is 2.38. The first-order chi connectivity index (χ1) is 9.56. The maximum absolute atomic E-state index is 12.2. The Bertz CT molecular complexity index is 511. The molecule has 1 atom stereocenters. The molecule has 0 aromatic heterocycles. The Labute approximate surface area is 121 Å². The number of aliphatic hydroxyl groups excluding tert-OH is 1. The highest BCUT2D eigenvalue weighted by Gasteiger charge is 2.10. The van der Waals surface area contributed by atoms with Crippen LogP contribution in [0.4, 0.5) is 0 Å². The Hall–Kier alpha value is -1.79. The monoisotopic (exact) mass is 273 g/mol. The summed E-state index contributed by atoms with van der Waals surface area (Å²) in [5, 5.41) is 11.7. The number of hydrogen-bond acceptors (Lipinski definition) is 2. The Morgan fingerprint density at radius 3 is 2.80 bits per heavy atom. The van der Waals surface area contributed by atoms with Crippen LogP contribution >= 0.6 is 0 Å². The molecule has 1 rings (SSSR count). The molecule has 1 amide bonds. The summed E-state index contributed by atoms with van der Waals surface area (Å²) in [6, 6.07) is 5.78. The fraction of sp³-hybridized carbons (Fsp3) is 0.471. The van der Waals surface area contributed by atoms with Crippen molar-refractivity contribution < 1.29 is 9.90 Å². The molecule has 0 heterocycles. The van der Waals surface area contributed by atoms with Gasteiger partial charge < -0.3 is 10.4 Å². The third-order valence-corrected chi connectivity index (χ3v) is 2.91. The molecule has 1 aromatic rings. The molecular formula is C17H23NO2. The van der Waals surface area contributed by atoms with Gasteiger partial charge in [-0.15, -0.1) is 0 Å². The number of carbonyl (C=O) groups excluding carboxylic acids is 1. The molecule has 1 aromatic carbocycles. The molecule has 108 valence electrons. The summed E-state index contributed by atoms with van der Waals surface area (Å²) in [5.41, 5.74) is 2.46. The topological polar surface area (TPSA) is 49.3 Å². The second kappa shape index (κ2) is 8.39. The van der Waals surface area contributed by atoms with Crippen molar-refractivity contribution in [2.24, 2.45) is 0 Å². The van der Waals surface area contributed by atoms with Crippen molar-refractivity contribution in [2.75, 3.05) is 6.61 Å². The molecule has 0 aliphatic rings. The molecule has 0 bridgehead atoms. The van der Waals surface area contributed by atoms with Crippen LogP contribution in [0.5, 0.6) is 0 Å². The molecule has 0 spiro atoms. The predicted molar refractivity (Wildman–Crippen MR) is 81.6 cm³/mol. The average molecular weight is 273 g/mol. The molecule has 3 heteroatoms. The van der Waals surface area contributed by atoms with Crippen molar-refractivity contribution in [3.8, 4) is 11.8 Å². The summed E-state index contributed by atoms with van der Waals surface area (Å²) < 4.78 is 0. The summed E-state index contributed by atoms with van der Waals surface area (Å²) in [5.74, 6) is 5.79. The third kappa shape index (κ3) is 5.46. The van der Waals surface area contributed by atoms with E-state index < -0.39 is 0 Å². The Morgan fingerprint density at radius 1 is 1.40 bits per heavy atom. The number of aliphatic hydroxyl groups is 1. The van der Waals surface area contributed by atoms with Crippen LogP contribution in [-0.2, 0) is 0 Å². The van der Waals surface area contributed by atoms with Crippen LogP contribution in [0.2, 0.25) is 0 Å². The van der Waals surface area contributed by atoms with E-state index in [1.807, 2.05) is 26.0 Å². The predicted octanol–water partition coefficient (Wildman–Crippen LogP) is 2.65. The molecule has 0 fully saturated rings. The second-order valence-corrected chi connectivity index (χ2v) is 5.03. The molecule has 2 N–H and O–H groups in total. The van der Waals surface area contributed by atoms with Crippen LogP contribution in [0, 0.1) is 18.8 Å². The van der Waals surface area contributed by atoms with Crippen LogP contribution in [0.1, 0.15) is 54.6 Å². The molecule has 3 nitrogen and oxygen atoms in total. The van der Waals surface area contributed by atoms with Gasteiger partial charge in [0.15, 0.2) is 0 Å². The summed E-state index contributed by atoms with van der Waals surface area (Å²) in [6.45, 7) is 6.12. The quantitative estimate of drug-likeness (QED) is 0.810. The molecule has 20 heavy (non-hydrogen) atoms. The van der Waals surface area contributed by atoms with E-state index in [0.29, 0.717) is 12.0 Å². The van der Waals surface area contributed by atoms with Crippen molar-refractivity contribution in [1.82, 2.24) is 5.32 Å². The maximum Gasteiger partial charge on any atom is 0.251 e. The second-order valence-electron chi connectivity index (χ2n) is 5.03. The van der Waals surface area contributed by atoms with Gasteiger partial charge in [0, 0.05) is 23.6 Å². The number of carbonyl (C=O) groups is 1. The van der Waals surface area contributed by atoms with Gasteiger partial charge in [-0.1, -0.05) is 25.2 Å². The van der Waals surface area contributed by atoms with Crippen molar-refractivity contribution >= 4 is 5.91 Å². The van der Waals surface area contributed by atoms with Crippen LogP contribution in [0.25, 0.3) is 0 Å². The molecule has 1 unspecified atom stereocenters. The van der Waals surface area contributed by atoms with E-state index in [0.717, 1.165) is 24.0 Å². The lowest BCUT2D eigenvalue weighted by atomic mass is 10.1. The van der Waals surface area contributed by atoms with E-state index in [9.17, 15) is 4.79 Å².